The Morgan fingerprint density at radius 1 is 1.22 bits per heavy atom. The Morgan fingerprint density at radius 2 is 2.04 bits per heavy atom. The van der Waals surface area contributed by atoms with Crippen molar-refractivity contribution in [2.75, 3.05) is 37.4 Å². The average Bonchev–Trinajstić information content (AvgIpc) is 3.19. The second-order valence-electron chi connectivity index (χ2n) is 6.18. The molecule has 27 heavy (non-hydrogen) atoms. The number of benzene rings is 2. The smallest absolute Gasteiger partial charge is 0.323 e. The molecule has 0 aliphatic carbocycles. The number of para-hydroxylation sites is 2. The molecule has 1 unspecified atom stereocenters. The first-order valence-corrected chi connectivity index (χ1v) is 10.1. The van der Waals surface area contributed by atoms with Gasteiger partial charge in [-0.2, -0.15) is 0 Å². The van der Waals surface area contributed by atoms with Crippen LogP contribution in [0.5, 0.6) is 17.2 Å². The molecule has 6 nitrogen and oxygen atoms in total. The minimum absolute atomic E-state index is 0.0555. The van der Waals surface area contributed by atoms with Gasteiger partial charge in [0.1, 0.15) is 24.3 Å². The standard InChI is InChI=1S/C20H22N2O4S/c1-2-24-16-6-4-3-5-15(16)21-20(23)22-9-12-27-19(22)14-7-8-17-18(13-14)26-11-10-25-17/h3-8,13,19H,2,9-12H2,1H3,(H,21,23). The predicted octanol–water partition coefficient (Wildman–Crippen LogP) is 4.14. The van der Waals surface area contributed by atoms with E-state index in [1.165, 1.54) is 0 Å². The molecule has 0 aromatic heterocycles. The van der Waals surface area contributed by atoms with Gasteiger partial charge in [-0.1, -0.05) is 18.2 Å². The van der Waals surface area contributed by atoms with Gasteiger partial charge in [-0.15, -0.1) is 11.8 Å². The summed E-state index contributed by atoms with van der Waals surface area (Å²) in [6.07, 6.45) is 0. The van der Waals surface area contributed by atoms with Gasteiger partial charge in [-0.3, -0.25) is 0 Å². The van der Waals surface area contributed by atoms with E-state index < -0.39 is 0 Å². The van der Waals surface area contributed by atoms with Gasteiger partial charge in [0.15, 0.2) is 11.5 Å². The first kappa shape index (κ1) is 17.9. The maximum Gasteiger partial charge on any atom is 0.323 e. The monoisotopic (exact) mass is 386 g/mol. The highest BCUT2D eigenvalue weighted by atomic mass is 32.2. The zero-order valence-corrected chi connectivity index (χ0v) is 16.0. The van der Waals surface area contributed by atoms with Crippen molar-refractivity contribution in [3.05, 3.63) is 48.0 Å². The number of hydrogen-bond acceptors (Lipinski definition) is 5. The van der Waals surface area contributed by atoms with E-state index in [0.29, 0.717) is 37.8 Å². The summed E-state index contributed by atoms with van der Waals surface area (Å²) in [6, 6.07) is 13.3. The summed E-state index contributed by atoms with van der Waals surface area (Å²) in [6.45, 7) is 4.28. The summed E-state index contributed by atoms with van der Waals surface area (Å²) in [7, 11) is 0. The van der Waals surface area contributed by atoms with Crippen molar-refractivity contribution in [3.63, 3.8) is 0 Å². The van der Waals surface area contributed by atoms with Gasteiger partial charge in [0.25, 0.3) is 0 Å². The maximum atomic E-state index is 12.9. The van der Waals surface area contributed by atoms with Crippen LogP contribution in [0, 0.1) is 0 Å². The normalized spacial score (nSPS) is 18.3. The number of fused-ring (bicyclic) bond motifs is 1. The highest BCUT2D eigenvalue weighted by Gasteiger charge is 2.32. The lowest BCUT2D eigenvalue weighted by Crippen LogP contribution is -2.34. The lowest BCUT2D eigenvalue weighted by atomic mass is 10.1. The number of thioether (sulfide) groups is 1. The maximum absolute atomic E-state index is 12.9. The van der Waals surface area contributed by atoms with Crippen LogP contribution in [-0.4, -0.2) is 43.0 Å². The van der Waals surface area contributed by atoms with E-state index in [-0.39, 0.29) is 11.4 Å². The molecule has 2 aliphatic heterocycles. The van der Waals surface area contributed by atoms with Gasteiger partial charge in [-0.25, -0.2) is 4.79 Å². The molecule has 2 aromatic rings. The topological polar surface area (TPSA) is 60.0 Å². The van der Waals surface area contributed by atoms with Gasteiger partial charge in [-0.05, 0) is 36.8 Å². The largest absolute Gasteiger partial charge is 0.492 e. The van der Waals surface area contributed by atoms with E-state index in [1.807, 2.05) is 54.3 Å². The second-order valence-corrected chi connectivity index (χ2v) is 7.37. The van der Waals surface area contributed by atoms with Crippen molar-refractivity contribution in [3.8, 4) is 17.2 Å². The molecule has 1 fully saturated rings. The molecule has 142 valence electrons. The lowest BCUT2D eigenvalue weighted by molar-refractivity contribution is 0.171. The first-order chi connectivity index (χ1) is 13.3. The van der Waals surface area contributed by atoms with Crippen LogP contribution in [-0.2, 0) is 0 Å². The summed E-state index contributed by atoms with van der Waals surface area (Å²) in [5, 5.41) is 2.94. The van der Waals surface area contributed by atoms with Crippen molar-refractivity contribution in [2.24, 2.45) is 0 Å². The fourth-order valence-corrected chi connectivity index (χ4v) is 4.45. The molecule has 2 aromatic carbocycles. The number of ether oxygens (including phenoxy) is 3. The fraction of sp³-hybridized carbons (Fsp3) is 0.350. The molecule has 4 rings (SSSR count). The summed E-state index contributed by atoms with van der Waals surface area (Å²) < 4.78 is 16.9. The van der Waals surface area contributed by atoms with Crippen molar-refractivity contribution in [1.29, 1.82) is 0 Å². The number of anilines is 1. The third kappa shape index (κ3) is 3.78. The number of amides is 2. The van der Waals surface area contributed by atoms with Crippen LogP contribution in [0.25, 0.3) is 0 Å². The predicted molar refractivity (Wildman–Crippen MR) is 106 cm³/mol. The van der Waals surface area contributed by atoms with Crippen molar-refractivity contribution >= 4 is 23.5 Å². The number of urea groups is 1. The van der Waals surface area contributed by atoms with E-state index in [4.69, 9.17) is 14.2 Å². The van der Waals surface area contributed by atoms with E-state index in [2.05, 4.69) is 5.32 Å². The number of rotatable bonds is 4. The Morgan fingerprint density at radius 3 is 2.89 bits per heavy atom. The number of carbonyl (C=O) groups excluding carboxylic acids is 1. The third-order valence-corrected chi connectivity index (χ3v) is 5.69. The molecular weight excluding hydrogens is 364 g/mol. The summed E-state index contributed by atoms with van der Waals surface area (Å²) in [5.41, 5.74) is 1.72. The summed E-state index contributed by atoms with van der Waals surface area (Å²) in [4.78, 5) is 14.8. The Labute approximate surface area is 162 Å². The highest BCUT2D eigenvalue weighted by molar-refractivity contribution is 7.99. The molecule has 1 saturated heterocycles. The fourth-order valence-electron chi connectivity index (χ4n) is 3.21. The zero-order valence-electron chi connectivity index (χ0n) is 15.1. The van der Waals surface area contributed by atoms with Crippen LogP contribution < -0.4 is 19.5 Å². The number of carbonyl (C=O) groups is 1. The molecule has 1 N–H and O–H groups in total. The van der Waals surface area contributed by atoms with E-state index >= 15 is 0 Å². The van der Waals surface area contributed by atoms with E-state index in [0.717, 1.165) is 22.8 Å². The molecule has 2 heterocycles. The molecular formula is C20H22N2O4S. The molecule has 2 amide bonds. The third-order valence-electron chi connectivity index (χ3n) is 4.43. The Kier molecular flexibility index (Phi) is 5.29. The van der Waals surface area contributed by atoms with Crippen LogP contribution in [0.4, 0.5) is 10.5 Å². The van der Waals surface area contributed by atoms with Crippen molar-refractivity contribution in [1.82, 2.24) is 4.90 Å². The minimum Gasteiger partial charge on any atom is -0.492 e. The lowest BCUT2D eigenvalue weighted by Gasteiger charge is -2.26. The quantitative estimate of drug-likeness (QED) is 0.856. The SMILES string of the molecule is CCOc1ccccc1NC(=O)N1CCSC1c1ccc2c(c1)OCCO2. The molecule has 1 atom stereocenters. The van der Waals surface area contributed by atoms with Gasteiger partial charge in [0.2, 0.25) is 0 Å². The van der Waals surface area contributed by atoms with Gasteiger partial charge in [0, 0.05) is 12.3 Å². The first-order valence-electron chi connectivity index (χ1n) is 9.07. The van der Waals surface area contributed by atoms with Crippen LogP contribution in [0.1, 0.15) is 17.9 Å². The van der Waals surface area contributed by atoms with Gasteiger partial charge < -0.3 is 24.4 Å². The van der Waals surface area contributed by atoms with E-state index in [1.54, 1.807) is 11.8 Å². The summed E-state index contributed by atoms with van der Waals surface area (Å²) >= 11 is 1.75. The Balaban J connectivity index is 1.52. The molecule has 0 bridgehead atoms. The van der Waals surface area contributed by atoms with Crippen LogP contribution in [0.3, 0.4) is 0 Å². The molecule has 7 heteroatoms. The van der Waals surface area contributed by atoms with E-state index in [9.17, 15) is 4.79 Å². The number of nitrogens with zero attached hydrogens (tertiary/aromatic N) is 1. The van der Waals surface area contributed by atoms with Crippen molar-refractivity contribution in [2.45, 2.75) is 12.3 Å². The Hall–Kier alpha value is -2.54. The van der Waals surface area contributed by atoms with Crippen LogP contribution in [0.2, 0.25) is 0 Å². The molecule has 0 spiro atoms. The second kappa shape index (κ2) is 8.00. The molecule has 2 aliphatic rings. The number of nitrogens with one attached hydrogen (secondary N) is 1. The highest BCUT2D eigenvalue weighted by Crippen LogP contribution is 2.42. The number of hydrogen-bond donors (Lipinski definition) is 1. The van der Waals surface area contributed by atoms with Gasteiger partial charge >= 0.3 is 6.03 Å². The van der Waals surface area contributed by atoms with Crippen molar-refractivity contribution < 1.29 is 19.0 Å². The van der Waals surface area contributed by atoms with Crippen LogP contribution in [0.15, 0.2) is 42.5 Å². The average molecular weight is 386 g/mol. The molecule has 0 radical (unpaired) electrons. The van der Waals surface area contributed by atoms with Crippen LogP contribution >= 0.6 is 11.8 Å². The Bertz CT molecular complexity index is 829. The summed E-state index contributed by atoms with van der Waals surface area (Å²) in [5.74, 6) is 3.07. The van der Waals surface area contributed by atoms with Gasteiger partial charge in [0.05, 0.1) is 12.3 Å². The zero-order chi connectivity index (χ0) is 18.6. The molecule has 0 saturated carbocycles. The minimum atomic E-state index is -0.132.